The summed E-state index contributed by atoms with van der Waals surface area (Å²) in [4.78, 5) is 23.1. The van der Waals surface area contributed by atoms with Gasteiger partial charge in [-0.3, -0.25) is 9.59 Å². The number of hydrogen-bond donors (Lipinski definition) is 3. The number of nitrogens with one attached hydrogen (secondary N) is 3. The van der Waals surface area contributed by atoms with E-state index in [0.29, 0.717) is 24.9 Å². The van der Waals surface area contributed by atoms with E-state index in [4.69, 9.17) is 0 Å². The highest BCUT2D eigenvalue weighted by atomic mass is 16.2. The number of piperidine rings is 1. The molecule has 1 aliphatic rings. The maximum atomic E-state index is 12.0. The lowest BCUT2D eigenvalue weighted by Gasteiger charge is -2.23. The summed E-state index contributed by atoms with van der Waals surface area (Å²) in [6.45, 7) is 3.39. The van der Waals surface area contributed by atoms with Crippen LogP contribution in [0.1, 0.15) is 30.1 Å². The summed E-state index contributed by atoms with van der Waals surface area (Å²) in [5, 5.41) is 8.86. The first-order valence-electron chi connectivity index (χ1n) is 6.60. The molecule has 0 aromatic heterocycles. The van der Waals surface area contributed by atoms with Crippen LogP contribution >= 0.6 is 0 Å². The van der Waals surface area contributed by atoms with Crippen molar-refractivity contribution in [3.8, 4) is 0 Å². The Hall–Kier alpha value is -2.04. The number of carbonyl (C=O) groups is 2. The fourth-order valence-electron chi connectivity index (χ4n) is 2.07. The van der Waals surface area contributed by atoms with Crippen molar-refractivity contribution in [1.82, 2.24) is 10.6 Å². The van der Waals surface area contributed by atoms with Gasteiger partial charge in [-0.25, -0.2) is 0 Å². The highest BCUT2D eigenvalue weighted by Crippen LogP contribution is 2.10. The highest BCUT2D eigenvalue weighted by Gasteiger charge is 2.19. The molecule has 0 bridgehead atoms. The predicted molar refractivity (Wildman–Crippen MR) is 74.1 cm³/mol. The van der Waals surface area contributed by atoms with E-state index in [-0.39, 0.29) is 17.9 Å². The maximum absolute atomic E-state index is 12.0. The number of benzene rings is 1. The van der Waals surface area contributed by atoms with Gasteiger partial charge in [-0.15, -0.1) is 0 Å². The molecule has 0 saturated carbocycles. The Morgan fingerprint density at radius 3 is 2.68 bits per heavy atom. The molecule has 1 fully saturated rings. The normalized spacial score (nSPS) is 18.6. The zero-order valence-corrected chi connectivity index (χ0v) is 11.0. The van der Waals surface area contributed by atoms with Crippen LogP contribution in [0.2, 0.25) is 0 Å². The third-order valence-corrected chi connectivity index (χ3v) is 3.13. The van der Waals surface area contributed by atoms with Crippen molar-refractivity contribution in [2.75, 3.05) is 18.4 Å². The second-order valence-corrected chi connectivity index (χ2v) is 4.62. The van der Waals surface area contributed by atoms with Crippen LogP contribution in [-0.2, 0) is 4.79 Å². The van der Waals surface area contributed by atoms with Gasteiger partial charge >= 0.3 is 0 Å². The minimum absolute atomic E-state index is 0.0265. The summed E-state index contributed by atoms with van der Waals surface area (Å²) in [7, 11) is 0. The number of amides is 2. The van der Waals surface area contributed by atoms with Gasteiger partial charge < -0.3 is 16.0 Å². The van der Waals surface area contributed by atoms with Crippen LogP contribution in [0, 0.1) is 0 Å². The van der Waals surface area contributed by atoms with Gasteiger partial charge in [-0.1, -0.05) is 0 Å². The van der Waals surface area contributed by atoms with Crippen molar-refractivity contribution in [2.45, 2.75) is 25.8 Å². The van der Waals surface area contributed by atoms with Gasteiger partial charge in [0, 0.05) is 36.8 Å². The van der Waals surface area contributed by atoms with E-state index in [1.807, 2.05) is 19.1 Å². The smallest absolute Gasteiger partial charge is 0.251 e. The molecule has 1 saturated heterocycles. The highest BCUT2D eigenvalue weighted by molar-refractivity contribution is 5.94. The molecule has 1 aromatic rings. The van der Waals surface area contributed by atoms with E-state index in [1.54, 1.807) is 12.1 Å². The first-order valence-corrected chi connectivity index (χ1v) is 6.60. The van der Waals surface area contributed by atoms with Crippen molar-refractivity contribution in [3.63, 3.8) is 0 Å². The monoisotopic (exact) mass is 261 g/mol. The van der Waals surface area contributed by atoms with Crippen LogP contribution in [0.4, 0.5) is 5.69 Å². The van der Waals surface area contributed by atoms with Crippen molar-refractivity contribution in [3.05, 3.63) is 29.8 Å². The van der Waals surface area contributed by atoms with Gasteiger partial charge in [-0.2, -0.15) is 0 Å². The van der Waals surface area contributed by atoms with Crippen LogP contribution in [0.3, 0.4) is 0 Å². The molecule has 1 aromatic carbocycles. The summed E-state index contributed by atoms with van der Waals surface area (Å²) in [5.74, 6) is -0.0373. The van der Waals surface area contributed by atoms with Gasteiger partial charge in [-0.05, 0) is 37.6 Å². The van der Waals surface area contributed by atoms with Gasteiger partial charge in [0.25, 0.3) is 5.91 Å². The Labute approximate surface area is 112 Å². The number of carbonyl (C=O) groups excluding carboxylic acids is 2. The molecular weight excluding hydrogens is 242 g/mol. The van der Waals surface area contributed by atoms with Crippen LogP contribution < -0.4 is 16.0 Å². The molecule has 0 aliphatic carbocycles. The molecule has 102 valence electrons. The standard InChI is InChI=1S/C14H19N3O2/c1-2-15-11-5-3-10(4-6-11)14(19)17-12-7-8-13(18)16-9-12/h3-6,12,15H,2,7-9H2,1H3,(H,16,18)(H,17,19). The van der Waals surface area contributed by atoms with Crippen LogP contribution in [0.25, 0.3) is 0 Å². The minimum Gasteiger partial charge on any atom is -0.385 e. The lowest BCUT2D eigenvalue weighted by Crippen LogP contribution is -2.47. The first-order chi connectivity index (χ1) is 9.19. The van der Waals surface area contributed by atoms with Gasteiger partial charge in [0.1, 0.15) is 0 Å². The van der Waals surface area contributed by atoms with Crippen LogP contribution in [0.15, 0.2) is 24.3 Å². The fourth-order valence-corrected chi connectivity index (χ4v) is 2.07. The summed E-state index contributed by atoms with van der Waals surface area (Å²) in [5.41, 5.74) is 1.64. The molecule has 0 spiro atoms. The molecule has 5 nitrogen and oxygen atoms in total. The molecule has 1 heterocycles. The molecule has 0 radical (unpaired) electrons. The fraction of sp³-hybridized carbons (Fsp3) is 0.429. The maximum Gasteiger partial charge on any atom is 0.251 e. The largest absolute Gasteiger partial charge is 0.385 e. The molecule has 2 amide bonds. The van der Waals surface area contributed by atoms with E-state index in [2.05, 4.69) is 16.0 Å². The molecule has 3 N–H and O–H groups in total. The molecular formula is C14H19N3O2. The van der Waals surface area contributed by atoms with E-state index in [0.717, 1.165) is 12.2 Å². The zero-order valence-electron chi connectivity index (χ0n) is 11.0. The number of hydrogen-bond acceptors (Lipinski definition) is 3. The van der Waals surface area contributed by atoms with Crippen LogP contribution in [-0.4, -0.2) is 30.9 Å². The van der Waals surface area contributed by atoms with Crippen molar-refractivity contribution in [2.24, 2.45) is 0 Å². The minimum atomic E-state index is -0.0933. The Morgan fingerprint density at radius 1 is 1.37 bits per heavy atom. The molecule has 2 rings (SSSR count). The Kier molecular flexibility index (Phi) is 4.39. The van der Waals surface area contributed by atoms with Gasteiger partial charge in [0.05, 0.1) is 0 Å². The van der Waals surface area contributed by atoms with Crippen molar-refractivity contribution < 1.29 is 9.59 Å². The average molecular weight is 261 g/mol. The van der Waals surface area contributed by atoms with Crippen molar-refractivity contribution in [1.29, 1.82) is 0 Å². The lowest BCUT2D eigenvalue weighted by atomic mass is 10.1. The average Bonchev–Trinajstić information content (AvgIpc) is 2.42. The Bertz CT molecular complexity index is 446. The second-order valence-electron chi connectivity index (χ2n) is 4.62. The summed E-state index contributed by atoms with van der Waals surface area (Å²) in [6.07, 6.45) is 1.18. The quantitative estimate of drug-likeness (QED) is 0.761. The molecule has 19 heavy (non-hydrogen) atoms. The van der Waals surface area contributed by atoms with Gasteiger partial charge in [0.2, 0.25) is 5.91 Å². The third-order valence-electron chi connectivity index (χ3n) is 3.13. The summed E-state index contributed by atoms with van der Waals surface area (Å²) < 4.78 is 0. The SMILES string of the molecule is CCNc1ccc(C(=O)NC2CCC(=O)NC2)cc1. The number of rotatable bonds is 4. The lowest BCUT2D eigenvalue weighted by molar-refractivity contribution is -0.122. The topological polar surface area (TPSA) is 70.2 Å². The molecule has 1 atom stereocenters. The van der Waals surface area contributed by atoms with E-state index in [9.17, 15) is 9.59 Å². The second kappa shape index (κ2) is 6.22. The predicted octanol–water partition coefficient (Wildman–Crippen LogP) is 1.13. The van der Waals surface area contributed by atoms with Crippen molar-refractivity contribution >= 4 is 17.5 Å². The third kappa shape index (κ3) is 3.71. The summed E-state index contributed by atoms with van der Waals surface area (Å²) in [6, 6.07) is 7.41. The van der Waals surface area contributed by atoms with E-state index >= 15 is 0 Å². The van der Waals surface area contributed by atoms with Gasteiger partial charge in [0.15, 0.2) is 0 Å². The number of anilines is 1. The zero-order chi connectivity index (χ0) is 13.7. The van der Waals surface area contributed by atoms with E-state index < -0.39 is 0 Å². The molecule has 5 heteroatoms. The Morgan fingerprint density at radius 2 is 2.11 bits per heavy atom. The first kappa shape index (κ1) is 13.4. The van der Waals surface area contributed by atoms with E-state index in [1.165, 1.54) is 0 Å². The Balaban J connectivity index is 1.90. The summed E-state index contributed by atoms with van der Waals surface area (Å²) >= 11 is 0. The molecule has 1 unspecified atom stereocenters. The molecule has 1 aliphatic heterocycles. The van der Waals surface area contributed by atoms with Crippen LogP contribution in [0.5, 0.6) is 0 Å².